The van der Waals surface area contributed by atoms with Gasteiger partial charge in [0.25, 0.3) is 0 Å². The van der Waals surface area contributed by atoms with Crippen LogP contribution in [0.25, 0.3) is 0 Å². The van der Waals surface area contributed by atoms with Gasteiger partial charge in [0.05, 0.1) is 7.11 Å². The topological polar surface area (TPSA) is 9.23 Å². The summed E-state index contributed by atoms with van der Waals surface area (Å²) in [7, 11) is 1.70. The van der Waals surface area contributed by atoms with Gasteiger partial charge in [-0.2, -0.15) is 0 Å². The second-order valence-electron chi connectivity index (χ2n) is 2.71. The summed E-state index contributed by atoms with van der Waals surface area (Å²) in [5.74, 6) is 0.976. The van der Waals surface area contributed by atoms with Crippen molar-refractivity contribution >= 4 is 0 Å². The first-order valence-electron chi connectivity index (χ1n) is 3.86. The van der Waals surface area contributed by atoms with Crippen molar-refractivity contribution in [2.45, 2.75) is 19.8 Å². The fraction of sp³-hybridized carbons (Fsp3) is 0.400. The lowest BCUT2D eigenvalue weighted by Gasteiger charge is -2.15. The molecule has 0 bridgehead atoms. The van der Waals surface area contributed by atoms with Crippen molar-refractivity contribution in [3.63, 3.8) is 0 Å². The van der Waals surface area contributed by atoms with Crippen LogP contribution < -0.4 is 0 Å². The van der Waals surface area contributed by atoms with Crippen LogP contribution in [-0.4, -0.2) is 7.11 Å². The highest BCUT2D eigenvalue weighted by atomic mass is 16.5. The van der Waals surface area contributed by atoms with Crippen LogP contribution in [0.1, 0.15) is 19.8 Å². The second-order valence-corrected chi connectivity index (χ2v) is 2.71. The Morgan fingerprint density at radius 1 is 1.64 bits per heavy atom. The van der Waals surface area contributed by atoms with Gasteiger partial charge < -0.3 is 4.74 Å². The van der Waals surface area contributed by atoms with Gasteiger partial charge in [-0.05, 0) is 25.8 Å². The van der Waals surface area contributed by atoms with Crippen LogP contribution in [-0.2, 0) is 4.74 Å². The molecule has 0 fully saturated rings. The molecule has 0 saturated carbocycles. The van der Waals surface area contributed by atoms with Gasteiger partial charge >= 0.3 is 0 Å². The molecule has 0 aromatic heterocycles. The van der Waals surface area contributed by atoms with E-state index in [0.717, 1.165) is 18.6 Å². The lowest BCUT2D eigenvalue weighted by molar-refractivity contribution is 0.298. The molecule has 1 rings (SSSR count). The number of ether oxygens (including phenoxy) is 1. The average molecular weight is 150 g/mol. The molecule has 0 aromatic rings. The van der Waals surface area contributed by atoms with Gasteiger partial charge in [-0.3, -0.25) is 0 Å². The minimum atomic E-state index is 0.976. The fourth-order valence-electron chi connectivity index (χ4n) is 1.34. The zero-order chi connectivity index (χ0) is 8.27. The minimum Gasteiger partial charge on any atom is -0.496 e. The van der Waals surface area contributed by atoms with Crippen LogP contribution >= 0.6 is 0 Å². The van der Waals surface area contributed by atoms with E-state index >= 15 is 0 Å². The van der Waals surface area contributed by atoms with Gasteiger partial charge in [0.15, 0.2) is 0 Å². The molecule has 1 heteroatoms. The predicted molar refractivity (Wildman–Crippen MR) is 47.2 cm³/mol. The molecule has 60 valence electrons. The van der Waals surface area contributed by atoms with E-state index in [-0.39, 0.29) is 0 Å². The molecule has 0 aliphatic heterocycles. The molecule has 0 spiro atoms. The smallest absolute Gasteiger partial charge is 0.122 e. The molecule has 0 atom stereocenters. The summed E-state index contributed by atoms with van der Waals surface area (Å²) in [5, 5.41) is 0. The quantitative estimate of drug-likeness (QED) is 0.588. The van der Waals surface area contributed by atoms with Crippen molar-refractivity contribution in [3.05, 3.63) is 35.6 Å². The van der Waals surface area contributed by atoms with E-state index in [4.69, 9.17) is 4.74 Å². The highest BCUT2D eigenvalue weighted by Gasteiger charge is 2.09. The van der Waals surface area contributed by atoms with Crippen molar-refractivity contribution in [2.75, 3.05) is 7.11 Å². The normalized spacial score (nSPS) is 17.8. The zero-order valence-electron chi connectivity index (χ0n) is 7.18. The maximum absolute atomic E-state index is 5.20. The molecular formula is C10H14O. The molecule has 0 aromatic carbocycles. The Kier molecular flexibility index (Phi) is 2.53. The van der Waals surface area contributed by atoms with E-state index in [1.165, 1.54) is 11.1 Å². The first kappa shape index (κ1) is 8.12. The molecular weight excluding hydrogens is 136 g/mol. The van der Waals surface area contributed by atoms with Crippen molar-refractivity contribution in [1.29, 1.82) is 0 Å². The standard InChI is InChI=1S/C10H14O/c1-4-9-8(2)6-5-7-10(9)11-3/h4,7H,1,5-6H2,2-3H3. The Bertz CT molecular complexity index is 221. The molecule has 0 unspecified atom stereocenters. The van der Waals surface area contributed by atoms with E-state index in [1.54, 1.807) is 7.11 Å². The number of hydrogen-bond donors (Lipinski definition) is 0. The van der Waals surface area contributed by atoms with Crippen LogP contribution in [0.5, 0.6) is 0 Å². The summed E-state index contributed by atoms with van der Waals surface area (Å²) < 4.78 is 5.20. The van der Waals surface area contributed by atoms with Crippen LogP contribution in [0.2, 0.25) is 0 Å². The zero-order valence-corrected chi connectivity index (χ0v) is 7.18. The van der Waals surface area contributed by atoms with E-state index in [0.29, 0.717) is 0 Å². The first-order valence-corrected chi connectivity index (χ1v) is 3.86. The summed E-state index contributed by atoms with van der Waals surface area (Å²) in [6.07, 6.45) is 6.20. The third-order valence-corrected chi connectivity index (χ3v) is 2.00. The predicted octanol–water partition coefficient (Wildman–Crippen LogP) is 2.81. The molecule has 11 heavy (non-hydrogen) atoms. The van der Waals surface area contributed by atoms with Crippen LogP contribution in [0, 0.1) is 0 Å². The van der Waals surface area contributed by atoms with Crippen molar-refractivity contribution in [1.82, 2.24) is 0 Å². The summed E-state index contributed by atoms with van der Waals surface area (Å²) in [6, 6.07) is 0. The Morgan fingerprint density at radius 2 is 2.36 bits per heavy atom. The first-order chi connectivity index (χ1) is 5.29. The lowest BCUT2D eigenvalue weighted by Crippen LogP contribution is -1.98. The summed E-state index contributed by atoms with van der Waals surface area (Å²) in [5.41, 5.74) is 2.54. The van der Waals surface area contributed by atoms with Gasteiger partial charge in [-0.1, -0.05) is 18.2 Å². The molecule has 1 aliphatic rings. The third-order valence-electron chi connectivity index (χ3n) is 2.00. The maximum atomic E-state index is 5.20. The van der Waals surface area contributed by atoms with Crippen molar-refractivity contribution in [2.24, 2.45) is 0 Å². The van der Waals surface area contributed by atoms with E-state index in [9.17, 15) is 0 Å². The number of rotatable bonds is 2. The number of hydrogen-bond acceptors (Lipinski definition) is 1. The molecule has 1 aliphatic carbocycles. The van der Waals surface area contributed by atoms with Gasteiger partial charge in [0.1, 0.15) is 5.76 Å². The van der Waals surface area contributed by atoms with Crippen molar-refractivity contribution in [3.8, 4) is 0 Å². The molecule has 0 radical (unpaired) electrons. The Labute approximate surface area is 68.1 Å². The molecule has 0 N–H and O–H groups in total. The summed E-state index contributed by atoms with van der Waals surface area (Å²) in [4.78, 5) is 0. The van der Waals surface area contributed by atoms with E-state index in [2.05, 4.69) is 19.6 Å². The van der Waals surface area contributed by atoms with Crippen molar-refractivity contribution < 1.29 is 4.74 Å². The molecule has 0 amide bonds. The Morgan fingerprint density at radius 3 is 2.82 bits per heavy atom. The summed E-state index contributed by atoms with van der Waals surface area (Å²) in [6.45, 7) is 5.88. The minimum absolute atomic E-state index is 0.976. The van der Waals surface area contributed by atoms with Gasteiger partial charge in [-0.25, -0.2) is 0 Å². The Balaban J connectivity index is 2.94. The van der Waals surface area contributed by atoms with Crippen LogP contribution in [0.15, 0.2) is 35.6 Å². The average Bonchev–Trinajstić information content (AvgIpc) is 2.04. The molecule has 0 saturated heterocycles. The van der Waals surface area contributed by atoms with E-state index in [1.807, 2.05) is 6.08 Å². The molecule has 1 nitrogen and oxygen atoms in total. The fourth-order valence-corrected chi connectivity index (χ4v) is 1.34. The number of allylic oxidation sites excluding steroid dienone is 3. The summed E-state index contributed by atoms with van der Waals surface area (Å²) >= 11 is 0. The second kappa shape index (κ2) is 3.42. The van der Waals surface area contributed by atoms with Gasteiger partial charge in [0.2, 0.25) is 0 Å². The highest BCUT2D eigenvalue weighted by Crippen LogP contribution is 2.25. The van der Waals surface area contributed by atoms with Crippen LogP contribution in [0.3, 0.4) is 0 Å². The maximum Gasteiger partial charge on any atom is 0.122 e. The largest absolute Gasteiger partial charge is 0.496 e. The third kappa shape index (κ3) is 1.53. The lowest BCUT2D eigenvalue weighted by atomic mass is 9.97. The monoisotopic (exact) mass is 150 g/mol. The Hall–Kier alpha value is -0.980. The SMILES string of the molecule is C=CC1=C(C)CCC=C1OC. The van der Waals surface area contributed by atoms with Gasteiger partial charge in [0, 0.05) is 5.57 Å². The molecule has 0 heterocycles. The van der Waals surface area contributed by atoms with Gasteiger partial charge in [-0.15, -0.1) is 0 Å². The van der Waals surface area contributed by atoms with E-state index < -0.39 is 0 Å². The number of methoxy groups -OCH3 is 1. The highest BCUT2D eigenvalue weighted by molar-refractivity contribution is 5.41. The van der Waals surface area contributed by atoms with Crippen LogP contribution in [0.4, 0.5) is 0 Å².